The predicted octanol–water partition coefficient (Wildman–Crippen LogP) is 34.7. The van der Waals surface area contributed by atoms with Crippen LogP contribution in [0.25, 0.3) is 0 Å². The first kappa shape index (κ1) is 112. The smallest absolute Gasteiger partial charge is 0.0110 e. The lowest BCUT2D eigenvalue weighted by Gasteiger charge is -2.34. The molecule has 1 fully saturated rings. The van der Waals surface area contributed by atoms with Crippen molar-refractivity contribution in [3.63, 3.8) is 0 Å². The Morgan fingerprint density at radius 1 is 0.0877 bits per heavy atom. The first-order valence-corrected chi connectivity index (χ1v) is 54.9. The first-order valence-electron chi connectivity index (χ1n) is 54.9. The fourth-order valence-corrected chi connectivity index (χ4v) is 18.9. The van der Waals surface area contributed by atoms with E-state index in [4.69, 9.17) is 0 Å². The van der Waals surface area contributed by atoms with Crippen molar-refractivity contribution in [1.82, 2.24) is 29.4 Å². The largest absolute Gasteiger partial charge is 0.301 e. The number of rotatable bonds is 90. The molecule has 1 rings (SSSR count). The zero-order chi connectivity index (χ0) is 81.6. The highest BCUT2D eigenvalue weighted by Crippen LogP contribution is 2.22. The summed E-state index contributed by atoms with van der Waals surface area (Å²) < 4.78 is 0. The van der Waals surface area contributed by atoms with E-state index in [1.807, 2.05) is 0 Å². The minimum absolute atomic E-state index is 1.26. The highest BCUT2D eigenvalue weighted by Gasteiger charge is 2.19. The molecule has 1 aliphatic heterocycles. The molecule has 0 saturated carbocycles. The van der Waals surface area contributed by atoms with Crippen LogP contribution in [-0.2, 0) is 0 Å². The van der Waals surface area contributed by atoms with Gasteiger partial charge in [0, 0.05) is 78.5 Å². The van der Waals surface area contributed by atoms with Crippen LogP contribution in [0.2, 0.25) is 0 Å². The maximum absolute atomic E-state index is 3.04. The second kappa shape index (κ2) is 98.2. The first-order chi connectivity index (χ1) is 56.6. The summed E-state index contributed by atoms with van der Waals surface area (Å²) in [5.41, 5.74) is 0. The molecular weight excluding hydrogens is 1380 g/mol. The topological polar surface area (TPSA) is 19.4 Å². The molecule has 1 saturated heterocycles. The third kappa shape index (κ3) is 86.7. The van der Waals surface area contributed by atoms with Crippen molar-refractivity contribution in [3.8, 4) is 0 Å². The van der Waals surface area contributed by atoms with Crippen LogP contribution < -0.4 is 0 Å². The molecular formula is C108H222N6. The molecule has 0 spiro atoms. The van der Waals surface area contributed by atoms with E-state index in [9.17, 15) is 0 Å². The van der Waals surface area contributed by atoms with Crippen molar-refractivity contribution in [1.29, 1.82) is 0 Å². The minimum atomic E-state index is 1.26. The van der Waals surface area contributed by atoms with E-state index in [-0.39, 0.29) is 0 Å². The van der Waals surface area contributed by atoms with Gasteiger partial charge in [-0.1, -0.05) is 542 Å². The zero-order valence-electron chi connectivity index (χ0n) is 80.8. The van der Waals surface area contributed by atoms with Gasteiger partial charge >= 0.3 is 0 Å². The van der Waals surface area contributed by atoms with Crippen LogP contribution in [0, 0.1) is 0 Å². The normalized spacial score (nSPS) is 15.0. The summed E-state index contributed by atoms with van der Waals surface area (Å²) in [5, 5.41) is 0. The molecule has 0 aliphatic carbocycles. The van der Waals surface area contributed by atoms with Crippen LogP contribution in [-0.4, -0.2) is 147 Å². The summed E-state index contributed by atoms with van der Waals surface area (Å²) in [4.78, 5) is 18.2. The zero-order valence-corrected chi connectivity index (χ0v) is 80.8. The lowest BCUT2D eigenvalue weighted by atomic mass is 10.0. The fraction of sp³-hybridized carbons (Fsp3) is 1.00. The van der Waals surface area contributed by atoms with Crippen molar-refractivity contribution >= 4 is 0 Å². The van der Waals surface area contributed by atoms with E-state index in [0.29, 0.717) is 0 Å². The van der Waals surface area contributed by atoms with E-state index in [1.165, 1.54) is 657 Å². The van der Waals surface area contributed by atoms with Crippen LogP contribution >= 0.6 is 0 Å². The molecule has 0 amide bonds. The fourth-order valence-electron chi connectivity index (χ4n) is 18.9. The molecule has 0 radical (unpaired) electrons. The Morgan fingerprint density at radius 2 is 0.149 bits per heavy atom. The summed E-state index contributed by atoms with van der Waals surface area (Å²) in [7, 11) is 0. The lowest BCUT2D eigenvalue weighted by Crippen LogP contribution is -2.46. The van der Waals surface area contributed by atoms with Gasteiger partial charge in [-0.25, -0.2) is 0 Å². The molecule has 6 nitrogen and oxygen atoms in total. The quantitative estimate of drug-likeness (QED) is 0.0561. The molecule has 0 aromatic carbocycles. The Bertz CT molecular complexity index is 1360. The Labute approximate surface area is 723 Å². The van der Waals surface area contributed by atoms with Gasteiger partial charge in [0.25, 0.3) is 0 Å². The van der Waals surface area contributed by atoms with Crippen LogP contribution in [0.5, 0.6) is 0 Å². The number of unbranched alkanes of at least 4 members (excludes halogenated alkanes) is 78. The number of hydrogen-bond donors (Lipinski definition) is 0. The molecule has 1 aliphatic rings. The van der Waals surface area contributed by atoms with E-state index in [1.54, 1.807) is 0 Å². The van der Waals surface area contributed by atoms with Gasteiger partial charge in [0.05, 0.1) is 0 Å². The number of nitrogens with zero attached hydrogens (tertiary/aromatic N) is 6. The van der Waals surface area contributed by atoms with Crippen LogP contribution in [0.4, 0.5) is 0 Å². The van der Waals surface area contributed by atoms with Crippen LogP contribution in [0.15, 0.2) is 0 Å². The van der Waals surface area contributed by atoms with Gasteiger partial charge in [0.1, 0.15) is 0 Å². The summed E-state index contributed by atoms with van der Waals surface area (Å²) in [5.74, 6) is 0. The Balaban J connectivity index is 3.56. The monoisotopic (exact) mass is 1600 g/mol. The summed E-state index contributed by atoms with van der Waals surface area (Å²) in [6, 6.07) is 0. The molecule has 0 atom stereocenters. The van der Waals surface area contributed by atoms with Crippen molar-refractivity contribution in [2.45, 2.75) is 581 Å². The third-order valence-corrected chi connectivity index (χ3v) is 27.4. The average molecular weight is 1610 g/mol. The second-order valence-corrected chi connectivity index (χ2v) is 38.6. The predicted molar refractivity (Wildman–Crippen MR) is 521 cm³/mol. The van der Waals surface area contributed by atoms with Crippen molar-refractivity contribution < 1.29 is 0 Å². The van der Waals surface area contributed by atoms with Gasteiger partial charge in [0.2, 0.25) is 0 Å². The maximum Gasteiger partial charge on any atom is 0.0110 e. The molecule has 6 heteroatoms. The van der Waals surface area contributed by atoms with Crippen molar-refractivity contribution in [2.24, 2.45) is 0 Å². The minimum Gasteiger partial charge on any atom is -0.301 e. The maximum atomic E-state index is 3.04. The Hall–Kier alpha value is -0.240. The summed E-state index contributed by atoms with van der Waals surface area (Å²) >= 11 is 0. The van der Waals surface area contributed by atoms with E-state index < -0.39 is 0 Å². The highest BCUT2D eigenvalue weighted by molar-refractivity contribution is 4.75. The van der Waals surface area contributed by atoms with Gasteiger partial charge in [-0.2, -0.15) is 0 Å². The molecule has 0 unspecified atom stereocenters. The van der Waals surface area contributed by atoms with Gasteiger partial charge in [-0.15, -0.1) is 0 Å². The van der Waals surface area contributed by atoms with Gasteiger partial charge < -0.3 is 29.4 Å². The Kier molecular flexibility index (Phi) is 96.3. The van der Waals surface area contributed by atoms with E-state index in [2.05, 4.69) is 70.9 Å². The highest BCUT2D eigenvalue weighted by atomic mass is 15.3. The van der Waals surface area contributed by atoms with Crippen molar-refractivity contribution in [2.75, 3.05) is 118 Å². The van der Waals surface area contributed by atoms with Crippen LogP contribution in [0.1, 0.15) is 581 Å². The second-order valence-electron chi connectivity index (χ2n) is 38.6. The van der Waals surface area contributed by atoms with Crippen LogP contribution in [0.3, 0.4) is 0 Å². The average Bonchev–Trinajstić information content (AvgIpc) is 0.925. The summed E-state index contributed by atoms with van der Waals surface area (Å²) in [6.45, 7) is 37.1. The molecule has 0 N–H and O–H groups in total. The Morgan fingerprint density at radius 3 is 0.219 bits per heavy atom. The SMILES string of the molecule is CCCCCCCCCCCCCCCCN1CCN(CCCCCCCCCCCCCCCC)CCN(CCCCCCCCCCCCCCCC)CCN(CCCCCCCCCCCCCCCC)CCN(CCCCCCCCCCCCCCCC)CCN(CCCCCCCCCCCCCCCC)CC1. The van der Waals surface area contributed by atoms with Gasteiger partial charge in [-0.3, -0.25) is 0 Å². The van der Waals surface area contributed by atoms with E-state index >= 15 is 0 Å². The molecule has 0 aromatic heterocycles. The van der Waals surface area contributed by atoms with Crippen molar-refractivity contribution in [3.05, 3.63) is 0 Å². The molecule has 1 heterocycles. The lowest BCUT2D eigenvalue weighted by molar-refractivity contribution is 0.129. The molecule has 684 valence electrons. The van der Waals surface area contributed by atoms with Gasteiger partial charge in [0.15, 0.2) is 0 Å². The number of hydrogen-bond acceptors (Lipinski definition) is 6. The summed E-state index contributed by atoms with van der Waals surface area (Å²) in [6.07, 6.45) is 122. The standard InChI is InChI=1S/C108H222N6/c1-7-13-19-25-31-37-43-49-55-61-67-73-79-85-91-109-97-99-110(92-86-80-74-68-62-56-50-44-38-32-26-20-14-8-2)101-103-112(94-88-82-76-70-64-58-52-46-40-34-28-22-16-10-4)105-107-114(96-90-84-78-72-66-60-54-48-42-36-30-24-18-12-6)108-106-113(95-89-83-77-71-65-59-53-47-41-35-29-23-17-11-5)104-102-111(100-98-109)93-87-81-75-69-63-57-51-45-39-33-27-21-15-9-3/h7-108H2,1-6H3. The van der Waals surface area contributed by atoms with Gasteiger partial charge in [-0.05, 0) is 77.8 Å². The molecule has 0 aromatic rings. The molecule has 0 bridgehead atoms. The van der Waals surface area contributed by atoms with E-state index in [0.717, 1.165) is 0 Å². The third-order valence-electron chi connectivity index (χ3n) is 27.4. The molecule has 114 heavy (non-hydrogen) atoms.